The number of amides is 1. The maximum absolute atomic E-state index is 11.4. The lowest BCUT2D eigenvalue weighted by atomic mass is 9.96. The number of nitrogens with two attached hydrogens (primary N) is 1. The van der Waals surface area contributed by atoms with Gasteiger partial charge in [0.05, 0.1) is 0 Å². The van der Waals surface area contributed by atoms with E-state index >= 15 is 0 Å². The molecule has 8 heteroatoms. The van der Waals surface area contributed by atoms with E-state index in [9.17, 15) is 4.79 Å². The Morgan fingerprint density at radius 1 is 1.34 bits per heavy atom. The predicted octanol–water partition coefficient (Wildman–Crippen LogP) is 2.31. The molecule has 3 rings (SSSR count). The maximum Gasteiger partial charge on any atom is 0.220 e. The molecule has 2 aromatic heterocycles. The second-order valence-electron chi connectivity index (χ2n) is 7.37. The summed E-state index contributed by atoms with van der Waals surface area (Å²) in [6.07, 6.45) is 3.38. The summed E-state index contributed by atoms with van der Waals surface area (Å²) >= 11 is 1.78. The number of aliphatic imine (C=N–C) groups is 1. The topological polar surface area (TPSA) is 95.6 Å². The van der Waals surface area contributed by atoms with Gasteiger partial charge in [-0.1, -0.05) is 19.1 Å². The molecule has 0 aromatic carbocycles. The van der Waals surface area contributed by atoms with E-state index in [1.165, 1.54) is 4.88 Å². The number of carbonyl (C=O) groups excluding carboxylic acids is 1. The van der Waals surface area contributed by atoms with Crippen LogP contribution in [0.15, 0.2) is 40.8 Å². The van der Waals surface area contributed by atoms with Crippen LogP contribution < -0.4 is 21.3 Å². The van der Waals surface area contributed by atoms with E-state index in [2.05, 4.69) is 56.0 Å². The fraction of sp³-hybridized carbons (Fsp3) is 0.476. The number of nitrogens with one attached hydrogen (secondary N) is 2. The summed E-state index contributed by atoms with van der Waals surface area (Å²) < 4.78 is 0. The molecule has 0 radical (unpaired) electrons. The molecule has 0 bridgehead atoms. The summed E-state index contributed by atoms with van der Waals surface area (Å²) in [6.45, 7) is 5.25. The van der Waals surface area contributed by atoms with Gasteiger partial charge in [-0.2, -0.15) is 0 Å². The summed E-state index contributed by atoms with van der Waals surface area (Å²) in [5.41, 5.74) is 6.57. The molecule has 1 atom stereocenters. The standard InChI is InChI=1S/C21H30N6OS/c1-15(18-6-4-12-29-18)13-25-21(23-2)26-14-17-5-3-9-24-20(17)27-10-7-16(8-11-27)19(22)28/h3-6,9,12,15-16H,7-8,10-11,13-14H2,1-2H3,(H2,22,28)(H2,23,25,26). The van der Waals surface area contributed by atoms with Crippen molar-refractivity contribution in [2.24, 2.45) is 16.6 Å². The molecule has 156 valence electrons. The van der Waals surface area contributed by atoms with Crippen molar-refractivity contribution in [2.45, 2.75) is 32.2 Å². The first-order chi connectivity index (χ1) is 14.1. The molecule has 29 heavy (non-hydrogen) atoms. The van der Waals surface area contributed by atoms with Gasteiger partial charge in [0.25, 0.3) is 0 Å². The molecule has 0 aliphatic carbocycles. The lowest BCUT2D eigenvalue weighted by molar-refractivity contribution is -0.122. The lowest BCUT2D eigenvalue weighted by Crippen LogP contribution is -2.41. The largest absolute Gasteiger partial charge is 0.369 e. The highest BCUT2D eigenvalue weighted by Crippen LogP contribution is 2.24. The summed E-state index contributed by atoms with van der Waals surface area (Å²) in [5.74, 6) is 1.94. The number of aromatic nitrogens is 1. The van der Waals surface area contributed by atoms with Gasteiger partial charge >= 0.3 is 0 Å². The molecule has 0 saturated carbocycles. The van der Waals surface area contributed by atoms with Gasteiger partial charge in [0.15, 0.2) is 5.96 Å². The third-order valence-electron chi connectivity index (χ3n) is 5.34. The van der Waals surface area contributed by atoms with Crippen molar-refractivity contribution in [1.29, 1.82) is 0 Å². The number of carbonyl (C=O) groups is 1. The Balaban J connectivity index is 1.55. The zero-order chi connectivity index (χ0) is 20.6. The molecule has 4 N–H and O–H groups in total. The van der Waals surface area contributed by atoms with Crippen LogP contribution in [0.3, 0.4) is 0 Å². The number of nitrogens with zero attached hydrogens (tertiary/aromatic N) is 3. The highest BCUT2D eigenvalue weighted by atomic mass is 32.1. The lowest BCUT2D eigenvalue weighted by Gasteiger charge is -2.32. The minimum Gasteiger partial charge on any atom is -0.369 e. The zero-order valence-electron chi connectivity index (χ0n) is 17.1. The average molecular weight is 415 g/mol. The van der Waals surface area contributed by atoms with Gasteiger partial charge in [-0.05, 0) is 30.4 Å². The number of pyridine rings is 1. The van der Waals surface area contributed by atoms with E-state index in [-0.39, 0.29) is 11.8 Å². The highest BCUT2D eigenvalue weighted by Gasteiger charge is 2.25. The number of anilines is 1. The van der Waals surface area contributed by atoms with Crippen LogP contribution in [0.4, 0.5) is 5.82 Å². The number of piperidine rings is 1. The SMILES string of the molecule is CN=C(NCc1cccnc1N1CCC(C(N)=O)CC1)NCC(C)c1cccs1. The molecule has 1 fully saturated rings. The monoisotopic (exact) mass is 414 g/mol. The first-order valence-electron chi connectivity index (χ1n) is 10.0. The number of hydrogen-bond donors (Lipinski definition) is 3. The number of primary amides is 1. The van der Waals surface area contributed by atoms with Crippen molar-refractivity contribution in [3.63, 3.8) is 0 Å². The Hall–Kier alpha value is -2.61. The smallest absolute Gasteiger partial charge is 0.220 e. The minimum atomic E-state index is -0.195. The van der Waals surface area contributed by atoms with E-state index in [0.717, 1.165) is 49.8 Å². The van der Waals surface area contributed by atoms with Crippen LogP contribution in [0.2, 0.25) is 0 Å². The van der Waals surface area contributed by atoms with Crippen LogP contribution in [-0.2, 0) is 11.3 Å². The number of rotatable bonds is 7. The Morgan fingerprint density at radius 2 is 2.14 bits per heavy atom. The van der Waals surface area contributed by atoms with Crippen LogP contribution in [0, 0.1) is 5.92 Å². The van der Waals surface area contributed by atoms with Gasteiger partial charge in [0.1, 0.15) is 5.82 Å². The first-order valence-corrected chi connectivity index (χ1v) is 10.9. The molecule has 7 nitrogen and oxygen atoms in total. The van der Waals surface area contributed by atoms with E-state index in [1.54, 1.807) is 18.4 Å². The summed E-state index contributed by atoms with van der Waals surface area (Å²) in [5, 5.41) is 8.91. The highest BCUT2D eigenvalue weighted by molar-refractivity contribution is 7.10. The molecular formula is C21H30N6OS. The van der Waals surface area contributed by atoms with Crippen LogP contribution in [0.1, 0.15) is 36.1 Å². The fourth-order valence-electron chi connectivity index (χ4n) is 3.55. The molecule has 2 aromatic rings. The minimum absolute atomic E-state index is 0.0232. The van der Waals surface area contributed by atoms with Crippen molar-refractivity contribution in [1.82, 2.24) is 15.6 Å². The summed E-state index contributed by atoms with van der Waals surface area (Å²) in [4.78, 5) is 24.0. The summed E-state index contributed by atoms with van der Waals surface area (Å²) in [7, 11) is 1.78. The van der Waals surface area contributed by atoms with Crippen molar-refractivity contribution in [2.75, 3.05) is 31.6 Å². The van der Waals surface area contributed by atoms with E-state index in [4.69, 9.17) is 5.73 Å². The van der Waals surface area contributed by atoms with E-state index in [0.29, 0.717) is 12.5 Å². The van der Waals surface area contributed by atoms with Gasteiger partial charge < -0.3 is 21.3 Å². The molecule has 0 spiro atoms. The Bertz CT molecular complexity index is 814. The van der Waals surface area contributed by atoms with Gasteiger partial charge in [0, 0.05) is 61.7 Å². The molecule has 3 heterocycles. The second-order valence-corrected chi connectivity index (χ2v) is 8.35. The van der Waals surface area contributed by atoms with Gasteiger partial charge in [-0.3, -0.25) is 9.79 Å². The fourth-order valence-corrected chi connectivity index (χ4v) is 4.34. The predicted molar refractivity (Wildman–Crippen MR) is 119 cm³/mol. The Labute approximate surface area is 176 Å². The van der Waals surface area contributed by atoms with E-state index < -0.39 is 0 Å². The Kier molecular flexibility index (Phi) is 7.46. The van der Waals surface area contributed by atoms with E-state index in [1.807, 2.05) is 12.3 Å². The molecular weight excluding hydrogens is 384 g/mol. The van der Waals surface area contributed by atoms with Crippen LogP contribution >= 0.6 is 11.3 Å². The van der Waals surface area contributed by atoms with Crippen molar-refractivity contribution in [3.05, 3.63) is 46.3 Å². The second kappa shape index (κ2) is 10.2. The Morgan fingerprint density at radius 3 is 2.79 bits per heavy atom. The molecule has 1 aliphatic heterocycles. The third-order valence-corrected chi connectivity index (χ3v) is 6.44. The third kappa shape index (κ3) is 5.69. The van der Waals surface area contributed by atoms with Gasteiger partial charge in [-0.15, -0.1) is 11.3 Å². The first kappa shape index (κ1) is 21.1. The van der Waals surface area contributed by atoms with Crippen LogP contribution in [-0.4, -0.2) is 43.5 Å². The normalized spacial score (nSPS) is 16.5. The quantitative estimate of drug-likeness (QED) is 0.477. The van der Waals surface area contributed by atoms with Crippen molar-refractivity contribution in [3.8, 4) is 0 Å². The van der Waals surface area contributed by atoms with Crippen molar-refractivity contribution < 1.29 is 4.79 Å². The molecule has 1 aliphatic rings. The van der Waals surface area contributed by atoms with Crippen molar-refractivity contribution >= 4 is 29.0 Å². The van der Waals surface area contributed by atoms with Crippen LogP contribution in [0.25, 0.3) is 0 Å². The summed E-state index contributed by atoms with van der Waals surface area (Å²) in [6, 6.07) is 8.28. The number of guanidine groups is 1. The number of hydrogen-bond acceptors (Lipinski definition) is 5. The molecule has 1 amide bonds. The molecule has 1 unspecified atom stereocenters. The number of thiophene rings is 1. The maximum atomic E-state index is 11.4. The zero-order valence-corrected chi connectivity index (χ0v) is 17.9. The average Bonchev–Trinajstić information content (AvgIpc) is 3.29. The molecule has 1 saturated heterocycles. The van der Waals surface area contributed by atoms with Gasteiger partial charge in [0.2, 0.25) is 5.91 Å². The van der Waals surface area contributed by atoms with Gasteiger partial charge in [-0.25, -0.2) is 4.98 Å². The van der Waals surface area contributed by atoms with Crippen LogP contribution in [0.5, 0.6) is 0 Å².